The van der Waals surface area contributed by atoms with Crippen LogP contribution in [0.1, 0.15) is 47.6 Å². The first-order chi connectivity index (χ1) is 11.5. The maximum absolute atomic E-state index is 12.7. The lowest BCUT2D eigenvalue weighted by molar-refractivity contribution is -0.119. The molecule has 2 amide bonds. The first-order valence-electron chi connectivity index (χ1n) is 8.04. The average molecular weight is 327 g/mol. The second kappa shape index (κ2) is 6.82. The van der Waals surface area contributed by atoms with Crippen molar-refractivity contribution in [2.45, 2.75) is 32.4 Å². The number of nitrogens with one attached hydrogen (secondary N) is 1. The molecule has 126 valence electrons. The zero-order valence-electron chi connectivity index (χ0n) is 13.9. The van der Waals surface area contributed by atoms with Gasteiger partial charge in [-0.1, -0.05) is 6.07 Å². The predicted molar refractivity (Wildman–Crippen MR) is 88.0 cm³/mol. The van der Waals surface area contributed by atoms with E-state index in [0.717, 1.165) is 30.6 Å². The smallest absolute Gasteiger partial charge is 0.274 e. The Bertz CT molecular complexity index is 738. The Morgan fingerprint density at radius 3 is 2.79 bits per heavy atom. The third kappa shape index (κ3) is 3.45. The summed E-state index contributed by atoms with van der Waals surface area (Å²) in [6.45, 7) is 2.67. The average Bonchev–Trinajstić information content (AvgIpc) is 3.22. The van der Waals surface area contributed by atoms with Gasteiger partial charge in [0.2, 0.25) is 5.91 Å². The minimum Gasteiger partial charge on any atom is -0.352 e. The molecule has 0 radical (unpaired) electrons. The zero-order chi connectivity index (χ0) is 17.1. The van der Waals surface area contributed by atoms with Crippen LogP contribution in [0.3, 0.4) is 0 Å². The highest BCUT2D eigenvalue weighted by molar-refractivity contribution is 5.92. The van der Waals surface area contributed by atoms with E-state index in [1.165, 1.54) is 6.92 Å². The van der Waals surface area contributed by atoms with Gasteiger partial charge < -0.3 is 10.2 Å². The molecule has 0 saturated carbocycles. The largest absolute Gasteiger partial charge is 0.352 e. The van der Waals surface area contributed by atoms with E-state index < -0.39 is 0 Å². The summed E-state index contributed by atoms with van der Waals surface area (Å²) < 4.78 is 1.63. The van der Waals surface area contributed by atoms with Crippen LogP contribution >= 0.6 is 0 Å². The zero-order valence-corrected chi connectivity index (χ0v) is 13.9. The van der Waals surface area contributed by atoms with Crippen LogP contribution < -0.4 is 5.32 Å². The van der Waals surface area contributed by atoms with Gasteiger partial charge in [-0.3, -0.25) is 19.3 Å². The van der Waals surface area contributed by atoms with Gasteiger partial charge >= 0.3 is 0 Å². The molecule has 1 N–H and O–H groups in total. The van der Waals surface area contributed by atoms with Crippen LogP contribution in [0, 0.1) is 0 Å². The van der Waals surface area contributed by atoms with E-state index in [1.807, 2.05) is 17.0 Å². The molecule has 7 heteroatoms. The van der Waals surface area contributed by atoms with E-state index in [-0.39, 0.29) is 17.9 Å². The number of nitrogens with zero attached hydrogens (tertiary/aromatic N) is 4. The highest BCUT2D eigenvalue weighted by atomic mass is 16.2. The minimum atomic E-state index is -0.0676. The molecule has 0 aliphatic carbocycles. The fraction of sp³-hybridized carbons (Fsp3) is 0.412. The predicted octanol–water partition coefficient (Wildman–Crippen LogP) is 1.43. The number of likely N-dealkylation sites (tertiary alicyclic amines) is 1. The molecule has 1 fully saturated rings. The Labute approximate surface area is 140 Å². The first-order valence-corrected chi connectivity index (χ1v) is 8.04. The molecule has 7 nitrogen and oxygen atoms in total. The summed E-state index contributed by atoms with van der Waals surface area (Å²) in [5.74, 6) is -0.121. The second-order valence-corrected chi connectivity index (χ2v) is 6.03. The minimum absolute atomic E-state index is 0.0191. The van der Waals surface area contributed by atoms with Crippen LogP contribution in [0.15, 0.2) is 30.6 Å². The maximum Gasteiger partial charge on any atom is 0.274 e. The molecule has 2 aromatic rings. The maximum atomic E-state index is 12.7. The summed E-state index contributed by atoms with van der Waals surface area (Å²) in [6, 6.07) is 5.60. The molecule has 0 spiro atoms. The SMILES string of the molecule is CC(=O)NCc1ccc(C2CCCN2C(=O)c2ccn(C)n2)nc1. The van der Waals surface area contributed by atoms with E-state index >= 15 is 0 Å². The van der Waals surface area contributed by atoms with Gasteiger partial charge in [-0.25, -0.2) is 0 Å². The fourth-order valence-corrected chi connectivity index (χ4v) is 2.96. The molecule has 1 atom stereocenters. The van der Waals surface area contributed by atoms with Crippen LogP contribution in [0.5, 0.6) is 0 Å². The molecule has 3 rings (SSSR count). The van der Waals surface area contributed by atoms with Crippen molar-refractivity contribution in [3.8, 4) is 0 Å². The molecule has 1 aliphatic rings. The van der Waals surface area contributed by atoms with E-state index in [0.29, 0.717) is 12.2 Å². The lowest BCUT2D eigenvalue weighted by atomic mass is 10.1. The van der Waals surface area contributed by atoms with Crippen molar-refractivity contribution >= 4 is 11.8 Å². The van der Waals surface area contributed by atoms with Gasteiger partial charge in [0.25, 0.3) is 5.91 Å². The van der Waals surface area contributed by atoms with Crippen molar-refractivity contribution in [3.63, 3.8) is 0 Å². The van der Waals surface area contributed by atoms with Gasteiger partial charge in [0, 0.05) is 39.5 Å². The van der Waals surface area contributed by atoms with Gasteiger partial charge in [-0.15, -0.1) is 0 Å². The van der Waals surface area contributed by atoms with E-state index in [2.05, 4.69) is 15.4 Å². The van der Waals surface area contributed by atoms with Crippen molar-refractivity contribution in [3.05, 3.63) is 47.5 Å². The fourth-order valence-electron chi connectivity index (χ4n) is 2.96. The van der Waals surface area contributed by atoms with Gasteiger partial charge in [0.1, 0.15) is 5.69 Å². The summed E-state index contributed by atoms with van der Waals surface area (Å²) in [5, 5.41) is 6.95. The summed E-state index contributed by atoms with van der Waals surface area (Å²) in [7, 11) is 1.80. The van der Waals surface area contributed by atoms with Gasteiger partial charge in [-0.05, 0) is 30.5 Å². The molecule has 0 bridgehead atoms. The number of carbonyl (C=O) groups excluding carboxylic acids is 2. The second-order valence-electron chi connectivity index (χ2n) is 6.03. The van der Waals surface area contributed by atoms with E-state index in [4.69, 9.17) is 0 Å². The van der Waals surface area contributed by atoms with Crippen LogP contribution in [0.25, 0.3) is 0 Å². The molecule has 0 aromatic carbocycles. The summed E-state index contributed by atoms with van der Waals surface area (Å²) in [4.78, 5) is 30.0. The monoisotopic (exact) mass is 327 g/mol. The van der Waals surface area contributed by atoms with Crippen LogP contribution in [0.4, 0.5) is 0 Å². The normalized spacial score (nSPS) is 17.1. The molecule has 3 heterocycles. The Morgan fingerprint density at radius 2 is 2.17 bits per heavy atom. The van der Waals surface area contributed by atoms with Gasteiger partial charge in [-0.2, -0.15) is 5.10 Å². The van der Waals surface area contributed by atoms with Gasteiger partial charge in [0.15, 0.2) is 0 Å². The summed E-state index contributed by atoms with van der Waals surface area (Å²) >= 11 is 0. The van der Waals surface area contributed by atoms with Crippen LogP contribution in [0.2, 0.25) is 0 Å². The Morgan fingerprint density at radius 1 is 1.33 bits per heavy atom. The standard InChI is InChI=1S/C17H21N5O2/c1-12(23)18-10-13-5-6-14(19-11-13)16-4-3-8-22(16)17(24)15-7-9-21(2)20-15/h5-7,9,11,16H,3-4,8,10H2,1-2H3,(H,18,23). The summed E-state index contributed by atoms with van der Waals surface area (Å²) in [6.07, 6.45) is 5.38. The topological polar surface area (TPSA) is 80.1 Å². The van der Waals surface area contributed by atoms with Crippen molar-refractivity contribution in [2.75, 3.05) is 6.54 Å². The third-order valence-electron chi connectivity index (χ3n) is 4.18. The Hall–Kier alpha value is -2.70. The molecular weight excluding hydrogens is 306 g/mol. The number of pyridine rings is 1. The third-order valence-corrected chi connectivity index (χ3v) is 4.18. The van der Waals surface area contributed by atoms with Crippen molar-refractivity contribution < 1.29 is 9.59 Å². The number of amides is 2. The Balaban J connectivity index is 1.73. The van der Waals surface area contributed by atoms with Crippen molar-refractivity contribution in [1.82, 2.24) is 25.0 Å². The quantitative estimate of drug-likeness (QED) is 0.921. The van der Waals surface area contributed by atoms with Crippen molar-refractivity contribution in [1.29, 1.82) is 0 Å². The lowest BCUT2D eigenvalue weighted by Gasteiger charge is -2.23. The highest BCUT2D eigenvalue weighted by Gasteiger charge is 2.32. The van der Waals surface area contributed by atoms with Crippen LogP contribution in [-0.2, 0) is 18.4 Å². The number of rotatable bonds is 4. The summed E-state index contributed by atoms with van der Waals surface area (Å²) in [5.41, 5.74) is 2.28. The number of aryl methyl sites for hydroxylation is 1. The molecule has 1 aliphatic heterocycles. The highest BCUT2D eigenvalue weighted by Crippen LogP contribution is 2.31. The molecule has 24 heavy (non-hydrogen) atoms. The molecule has 2 aromatic heterocycles. The molecule has 1 unspecified atom stereocenters. The Kier molecular flexibility index (Phi) is 4.59. The van der Waals surface area contributed by atoms with Crippen LogP contribution in [-0.4, -0.2) is 38.0 Å². The first kappa shape index (κ1) is 16.2. The van der Waals surface area contributed by atoms with Gasteiger partial charge in [0.05, 0.1) is 11.7 Å². The number of carbonyl (C=O) groups is 2. The number of hydrogen-bond acceptors (Lipinski definition) is 4. The number of aromatic nitrogens is 3. The van der Waals surface area contributed by atoms with E-state index in [9.17, 15) is 9.59 Å². The lowest BCUT2D eigenvalue weighted by Crippen LogP contribution is -2.31. The van der Waals surface area contributed by atoms with E-state index in [1.54, 1.807) is 30.2 Å². The molecular formula is C17H21N5O2. The molecule has 1 saturated heterocycles. The number of hydrogen-bond donors (Lipinski definition) is 1. The van der Waals surface area contributed by atoms with Crippen molar-refractivity contribution in [2.24, 2.45) is 7.05 Å².